The monoisotopic (exact) mass is 453 g/mol. The summed E-state index contributed by atoms with van der Waals surface area (Å²) in [7, 11) is 0. The second kappa shape index (κ2) is 8.46. The van der Waals surface area contributed by atoms with E-state index in [1.165, 1.54) is 0 Å². The summed E-state index contributed by atoms with van der Waals surface area (Å²) < 4.78 is 7.61. The summed E-state index contributed by atoms with van der Waals surface area (Å²) in [6.45, 7) is 2.18. The molecule has 7 heteroatoms. The number of halogens is 2. The fraction of sp³-hybridized carbons (Fsp3) is 0.0833. The van der Waals surface area contributed by atoms with Crippen molar-refractivity contribution in [2.45, 2.75) is 13.5 Å². The van der Waals surface area contributed by atoms with Crippen LogP contribution >= 0.6 is 23.2 Å². The molecule has 4 aromatic rings. The van der Waals surface area contributed by atoms with Crippen molar-refractivity contribution in [3.63, 3.8) is 0 Å². The quantitative estimate of drug-likeness (QED) is 0.283. The molecule has 1 N–H and O–H groups in total. The van der Waals surface area contributed by atoms with Crippen LogP contribution in [0.15, 0.2) is 66.9 Å². The van der Waals surface area contributed by atoms with Crippen molar-refractivity contribution in [1.82, 2.24) is 4.57 Å². The molecule has 4 rings (SSSR count). The maximum Gasteiger partial charge on any atom is 0.377 e. The van der Waals surface area contributed by atoms with Gasteiger partial charge in [0.05, 0.1) is 11.1 Å². The summed E-state index contributed by atoms with van der Waals surface area (Å²) in [6, 6.07) is 18.1. The SMILES string of the molecule is Cc1ccc2c(c1)c(C(=O)C(=O)O)cn2-c1ccc(OCc2ccc(Cl)cc2Cl)cc1. The van der Waals surface area contributed by atoms with E-state index < -0.39 is 11.8 Å². The Bertz CT molecular complexity index is 1310. The van der Waals surface area contributed by atoms with Gasteiger partial charge in [0.2, 0.25) is 0 Å². The Labute approximate surface area is 188 Å². The zero-order valence-electron chi connectivity index (χ0n) is 16.4. The van der Waals surface area contributed by atoms with Gasteiger partial charge in [0.15, 0.2) is 0 Å². The second-order valence-electron chi connectivity index (χ2n) is 7.09. The number of rotatable bonds is 6. The van der Waals surface area contributed by atoms with Crippen LogP contribution in [0.25, 0.3) is 16.6 Å². The lowest BCUT2D eigenvalue weighted by Crippen LogP contribution is -2.12. The van der Waals surface area contributed by atoms with E-state index in [1.807, 2.05) is 43.3 Å². The van der Waals surface area contributed by atoms with Gasteiger partial charge in [0.1, 0.15) is 12.4 Å². The minimum Gasteiger partial charge on any atom is -0.489 e. The number of nitrogens with zero attached hydrogens (tertiary/aromatic N) is 1. The van der Waals surface area contributed by atoms with Crippen LogP contribution in [0.5, 0.6) is 5.75 Å². The molecular formula is C24H17Cl2NO4. The zero-order chi connectivity index (χ0) is 22.1. The Morgan fingerprint density at radius 1 is 1.00 bits per heavy atom. The lowest BCUT2D eigenvalue weighted by atomic mass is 10.1. The number of hydrogen-bond donors (Lipinski definition) is 1. The molecule has 3 aromatic carbocycles. The van der Waals surface area contributed by atoms with Crippen LogP contribution in [0.2, 0.25) is 10.0 Å². The molecule has 1 aromatic heterocycles. The molecule has 0 amide bonds. The molecule has 0 saturated heterocycles. The number of aromatic nitrogens is 1. The van der Waals surface area contributed by atoms with Crippen molar-refractivity contribution in [2.75, 3.05) is 0 Å². The molecule has 0 aliphatic carbocycles. The smallest absolute Gasteiger partial charge is 0.377 e. The summed E-state index contributed by atoms with van der Waals surface area (Å²) in [4.78, 5) is 23.4. The van der Waals surface area contributed by atoms with Crippen molar-refractivity contribution in [1.29, 1.82) is 0 Å². The number of hydrogen-bond acceptors (Lipinski definition) is 3. The molecule has 0 bridgehead atoms. The van der Waals surface area contributed by atoms with E-state index in [0.717, 1.165) is 22.3 Å². The van der Waals surface area contributed by atoms with Gasteiger partial charge in [-0.1, -0.05) is 40.9 Å². The lowest BCUT2D eigenvalue weighted by Gasteiger charge is -2.10. The highest BCUT2D eigenvalue weighted by Gasteiger charge is 2.21. The standard InChI is InChI=1S/C24H17Cl2NO4/c1-14-2-9-22-19(10-14)20(23(28)24(29)30)12-27(22)17-5-7-18(8-6-17)31-13-15-3-4-16(25)11-21(15)26/h2-12H,13H2,1H3,(H,29,30). The first-order valence-corrected chi connectivity index (χ1v) is 10.2. The number of ketones is 1. The van der Waals surface area contributed by atoms with Crippen LogP contribution in [0.3, 0.4) is 0 Å². The Kier molecular flexibility index (Phi) is 5.72. The average molecular weight is 454 g/mol. The third-order valence-corrected chi connectivity index (χ3v) is 5.51. The Hall–Kier alpha value is -3.28. The van der Waals surface area contributed by atoms with Crippen molar-refractivity contribution >= 4 is 45.9 Å². The number of carbonyl (C=O) groups excluding carboxylic acids is 1. The molecule has 0 aliphatic heterocycles. The van der Waals surface area contributed by atoms with Gasteiger partial charge in [0, 0.05) is 32.9 Å². The van der Waals surface area contributed by atoms with Crippen LogP contribution in [-0.4, -0.2) is 21.4 Å². The van der Waals surface area contributed by atoms with E-state index in [1.54, 1.807) is 35.0 Å². The molecule has 5 nitrogen and oxygen atoms in total. The van der Waals surface area contributed by atoms with Crippen molar-refractivity contribution in [3.05, 3.63) is 93.6 Å². The van der Waals surface area contributed by atoms with E-state index in [0.29, 0.717) is 27.8 Å². The van der Waals surface area contributed by atoms with E-state index in [9.17, 15) is 14.7 Å². The zero-order valence-corrected chi connectivity index (χ0v) is 17.9. The van der Waals surface area contributed by atoms with Crippen LogP contribution in [0, 0.1) is 6.92 Å². The third-order valence-electron chi connectivity index (χ3n) is 4.92. The third kappa shape index (κ3) is 4.29. The van der Waals surface area contributed by atoms with Gasteiger partial charge in [-0.3, -0.25) is 4.79 Å². The highest BCUT2D eigenvalue weighted by atomic mass is 35.5. The van der Waals surface area contributed by atoms with Crippen LogP contribution < -0.4 is 4.74 Å². The number of aliphatic carboxylic acids is 1. The number of ether oxygens (including phenoxy) is 1. The van der Waals surface area contributed by atoms with E-state index in [-0.39, 0.29) is 5.56 Å². The predicted molar refractivity (Wildman–Crippen MR) is 121 cm³/mol. The summed E-state index contributed by atoms with van der Waals surface area (Å²) in [5.74, 6) is -1.77. The first-order chi connectivity index (χ1) is 14.8. The topological polar surface area (TPSA) is 68.5 Å². The summed E-state index contributed by atoms with van der Waals surface area (Å²) in [5, 5.41) is 10.9. The van der Waals surface area contributed by atoms with Gasteiger partial charge in [-0.25, -0.2) is 4.79 Å². The van der Waals surface area contributed by atoms with Crippen LogP contribution in [0.4, 0.5) is 0 Å². The average Bonchev–Trinajstić information content (AvgIpc) is 3.11. The van der Waals surface area contributed by atoms with Crippen LogP contribution in [-0.2, 0) is 11.4 Å². The van der Waals surface area contributed by atoms with Crippen molar-refractivity contribution in [3.8, 4) is 11.4 Å². The number of Topliss-reactive ketones (excluding diaryl/α,β-unsaturated/α-hetero) is 1. The van der Waals surface area contributed by atoms with E-state index >= 15 is 0 Å². The summed E-state index contributed by atoms with van der Waals surface area (Å²) in [5.41, 5.74) is 3.43. The molecule has 0 saturated carbocycles. The van der Waals surface area contributed by atoms with Gasteiger partial charge in [-0.15, -0.1) is 0 Å². The first-order valence-electron chi connectivity index (χ1n) is 9.40. The Morgan fingerprint density at radius 3 is 2.42 bits per heavy atom. The van der Waals surface area contributed by atoms with Gasteiger partial charge in [-0.05, 0) is 55.5 Å². The number of carboxylic acid groups (broad SMARTS) is 1. The molecule has 0 fully saturated rings. The van der Waals surface area contributed by atoms with Gasteiger partial charge < -0.3 is 14.4 Å². The fourth-order valence-electron chi connectivity index (χ4n) is 3.36. The van der Waals surface area contributed by atoms with Gasteiger partial charge in [0.25, 0.3) is 5.78 Å². The Morgan fingerprint density at radius 2 is 1.74 bits per heavy atom. The molecular weight excluding hydrogens is 437 g/mol. The molecule has 1 heterocycles. The molecule has 0 atom stereocenters. The minimum absolute atomic E-state index is 0.156. The predicted octanol–water partition coefficient (Wildman–Crippen LogP) is 6.09. The lowest BCUT2D eigenvalue weighted by molar-refractivity contribution is -0.131. The molecule has 0 aliphatic rings. The summed E-state index contributed by atoms with van der Waals surface area (Å²) >= 11 is 12.1. The summed E-state index contributed by atoms with van der Waals surface area (Å²) in [6.07, 6.45) is 1.56. The first kappa shape index (κ1) is 21.0. The van der Waals surface area contributed by atoms with Crippen LogP contribution in [0.1, 0.15) is 21.5 Å². The van der Waals surface area contributed by atoms with E-state index in [2.05, 4.69) is 0 Å². The fourth-order valence-corrected chi connectivity index (χ4v) is 3.82. The Balaban J connectivity index is 1.63. The molecule has 0 unspecified atom stereocenters. The molecule has 0 spiro atoms. The highest BCUT2D eigenvalue weighted by Crippen LogP contribution is 2.28. The number of fused-ring (bicyclic) bond motifs is 1. The maximum atomic E-state index is 12.2. The second-order valence-corrected chi connectivity index (χ2v) is 7.93. The molecule has 31 heavy (non-hydrogen) atoms. The number of benzene rings is 3. The van der Waals surface area contributed by atoms with Gasteiger partial charge in [-0.2, -0.15) is 0 Å². The molecule has 156 valence electrons. The number of carboxylic acids is 1. The maximum absolute atomic E-state index is 12.2. The van der Waals surface area contributed by atoms with E-state index in [4.69, 9.17) is 27.9 Å². The van der Waals surface area contributed by atoms with Crippen molar-refractivity contribution in [2.24, 2.45) is 0 Å². The minimum atomic E-state index is -1.48. The van der Waals surface area contributed by atoms with Crippen molar-refractivity contribution < 1.29 is 19.4 Å². The van der Waals surface area contributed by atoms with Gasteiger partial charge >= 0.3 is 5.97 Å². The number of carbonyl (C=O) groups is 2. The normalized spacial score (nSPS) is 10.9. The molecule has 0 radical (unpaired) electrons. The number of aryl methyl sites for hydroxylation is 1. The largest absolute Gasteiger partial charge is 0.489 e. The highest BCUT2D eigenvalue weighted by molar-refractivity contribution is 6.42.